The monoisotopic (exact) mass is 360 g/mol. The Kier molecular flexibility index (Phi) is 4.54. The van der Waals surface area contributed by atoms with E-state index in [0.717, 1.165) is 0 Å². The van der Waals surface area contributed by atoms with Crippen molar-refractivity contribution in [3.63, 3.8) is 0 Å². The van der Waals surface area contributed by atoms with Gasteiger partial charge in [-0.3, -0.25) is 4.72 Å². The van der Waals surface area contributed by atoms with E-state index in [4.69, 9.17) is 0 Å². The van der Waals surface area contributed by atoms with Crippen molar-refractivity contribution in [2.45, 2.75) is 4.90 Å². The standard InChI is InChI=1S/C15H12N4O3S2/c20-13-5-1-11(2-6-13)17-18-12-3-7-14(8-4-12)24(21,22)19-15-16-9-10-23-15/h1-10,20H,(H,16,19). The maximum Gasteiger partial charge on any atom is 0.263 e. The lowest BCUT2D eigenvalue weighted by molar-refractivity contribution is 0.475. The van der Waals surface area contributed by atoms with Crippen LogP contribution in [0.4, 0.5) is 16.5 Å². The minimum Gasteiger partial charge on any atom is -0.508 e. The van der Waals surface area contributed by atoms with E-state index in [1.807, 2.05) is 0 Å². The average Bonchev–Trinajstić information content (AvgIpc) is 3.07. The zero-order chi connectivity index (χ0) is 17.0. The minimum absolute atomic E-state index is 0.112. The SMILES string of the molecule is O=S(=O)(Nc1nccs1)c1ccc(N=Nc2ccc(O)cc2)cc1. The smallest absolute Gasteiger partial charge is 0.263 e. The Morgan fingerprint density at radius 1 is 0.958 bits per heavy atom. The summed E-state index contributed by atoms with van der Waals surface area (Å²) in [6.07, 6.45) is 1.52. The van der Waals surface area contributed by atoms with Crippen LogP contribution in [0.3, 0.4) is 0 Å². The Morgan fingerprint density at radius 2 is 1.54 bits per heavy atom. The number of phenolic OH excluding ortho intramolecular Hbond substituents is 1. The molecule has 0 amide bonds. The molecule has 7 nitrogen and oxygen atoms in total. The van der Waals surface area contributed by atoms with Crippen LogP contribution in [-0.4, -0.2) is 18.5 Å². The third kappa shape index (κ3) is 3.94. The molecular weight excluding hydrogens is 348 g/mol. The Labute approximate surface area is 142 Å². The van der Waals surface area contributed by atoms with Crippen LogP contribution in [0.2, 0.25) is 0 Å². The summed E-state index contributed by atoms with van der Waals surface area (Å²) >= 11 is 1.20. The van der Waals surface area contributed by atoms with Crippen molar-refractivity contribution in [2.24, 2.45) is 10.2 Å². The van der Waals surface area contributed by atoms with Gasteiger partial charge in [-0.2, -0.15) is 10.2 Å². The molecule has 3 aromatic rings. The van der Waals surface area contributed by atoms with E-state index in [0.29, 0.717) is 16.5 Å². The second-order valence-corrected chi connectivity index (χ2v) is 7.23. The first-order valence-electron chi connectivity index (χ1n) is 6.76. The van der Waals surface area contributed by atoms with Gasteiger partial charge >= 0.3 is 0 Å². The molecule has 0 atom stereocenters. The summed E-state index contributed by atoms with van der Waals surface area (Å²) in [5, 5.41) is 19.2. The number of azo groups is 1. The second kappa shape index (κ2) is 6.77. The fourth-order valence-corrected chi connectivity index (χ4v) is 3.56. The van der Waals surface area contributed by atoms with Crippen LogP contribution in [0, 0.1) is 0 Å². The van der Waals surface area contributed by atoms with Crippen LogP contribution in [0.5, 0.6) is 5.75 Å². The number of thiazole rings is 1. The van der Waals surface area contributed by atoms with Gasteiger partial charge in [-0.05, 0) is 48.5 Å². The molecule has 0 saturated heterocycles. The Bertz CT molecular complexity index is 935. The molecule has 0 bridgehead atoms. The first kappa shape index (κ1) is 16.1. The van der Waals surface area contributed by atoms with Gasteiger partial charge in [0.2, 0.25) is 0 Å². The number of anilines is 1. The van der Waals surface area contributed by atoms with Crippen LogP contribution >= 0.6 is 11.3 Å². The van der Waals surface area contributed by atoms with Crippen LogP contribution in [0.25, 0.3) is 0 Å². The van der Waals surface area contributed by atoms with Gasteiger partial charge < -0.3 is 5.11 Å². The fourth-order valence-electron chi connectivity index (χ4n) is 1.77. The molecule has 9 heteroatoms. The first-order chi connectivity index (χ1) is 11.5. The van der Waals surface area contributed by atoms with E-state index in [2.05, 4.69) is 19.9 Å². The minimum atomic E-state index is -3.67. The van der Waals surface area contributed by atoms with Crippen molar-refractivity contribution in [1.82, 2.24) is 4.98 Å². The van der Waals surface area contributed by atoms with Crippen LogP contribution in [0.1, 0.15) is 0 Å². The lowest BCUT2D eigenvalue weighted by Crippen LogP contribution is -2.12. The summed E-state index contributed by atoms with van der Waals surface area (Å²) in [5.41, 5.74) is 1.09. The largest absolute Gasteiger partial charge is 0.508 e. The van der Waals surface area contributed by atoms with Crippen LogP contribution in [-0.2, 0) is 10.0 Å². The number of rotatable bonds is 5. The number of phenols is 1. The highest BCUT2D eigenvalue weighted by molar-refractivity contribution is 7.93. The van der Waals surface area contributed by atoms with Gasteiger partial charge in [0.15, 0.2) is 5.13 Å². The topological polar surface area (TPSA) is 104 Å². The highest BCUT2D eigenvalue weighted by Gasteiger charge is 2.15. The third-order valence-electron chi connectivity index (χ3n) is 2.93. The molecule has 1 aromatic heterocycles. The lowest BCUT2D eigenvalue weighted by atomic mass is 10.3. The van der Waals surface area contributed by atoms with E-state index >= 15 is 0 Å². The predicted molar refractivity (Wildman–Crippen MR) is 91.6 cm³/mol. The van der Waals surface area contributed by atoms with Gasteiger partial charge in [0.05, 0.1) is 16.3 Å². The molecule has 0 saturated carbocycles. The molecule has 122 valence electrons. The second-order valence-electron chi connectivity index (χ2n) is 4.65. The number of nitrogens with one attached hydrogen (secondary N) is 1. The molecule has 2 aromatic carbocycles. The van der Waals surface area contributed by atoms with E-state index in [9.17, 15) is 13.5 Å². The quantitative estimate of drug-likeness (QED) is 0.669. The normalized spacial score (nSPS) is 11.7. The molecule has 24 heavy (non-hydrogen) atoms. The average molecular weight is 360 g/mol. The van der Waals surface area contributed by atoms with Gasteiger partial charge in [-0.1, -0.05) is 0 Å². The maximum atomic E-state index is 12.2. The molecule has 0 spiro atoms. The lowest BCUT2D eigenvalue weighted by Gasteiger charge is -2.04. The van der Waals surface area contributed by atoms with Crippen molar-refractivity contribution in [3.05, 3.63) is 60.1 Å². The predicted octanol–water partition coefficient (Wildman–Crippen LogP) is 4.06. The van der Waals surface area contributed by atoms with Gasteiger partial charge in [0.25, 0.3) is 10.0 Å². The van der Waals surface area contributed by atoms with Gasteiger partial charge in [0, 0.05) is 11.6 Å². The van der Waals surface area contributed by atoms with E-state index < -0.39 is 10.0 Å². The summed E-state index contributed by atoms with van der Waals surface area (Å²) in [7, 11) is -3.67. The van der Waals surface area contributed by atoms with Crippen molar-refractivity contribution in [2.75, 3.05) is 4.72 Å². The zero-order valence-corrected chi connectivity index (χ0v) is 13.8. The van der Waals surface area contributed by atoms with E-state index in [-0.39, 0.29) is 10.6 Å². The molecule has 1 heterocycles. The molecule has 0 aliphatic carbocycles. The van der Waals surface area contributed by atoms with Crippen molar-refractivity contribution < 1.29 is 13.5 Å². The molecule has 3 rings (SSSR count). The number of sulfonamides is 1. The first-order valence-corrected chi connectivity index (χ1v) is 9.12. The number of aromatic nitrogens is 1. The van der Waals surface area contributed by atoms with Gasteiger partial charge in [-0.15, -0.1) is 11.3 Å². The van der Waals surface area contributed by atoms with Crippen LogP contribution in [0.15, 0.2) is 75.2 Å². The maximum absolute atomic E-state index is 12.2. The highest BCUT2D eigenvalue weighted by atomic mass is 32.2. The van der Waals surface area contributed by atoms with E-state index in [1.54, 1.807) is 29.6 Å². The fraction of sp³-hybridized carbons (Fsp3) is 0. The van der Waals surface area contributed by atoms with Gasteiger partial charge in [0.1, 0.15) is 5.75 Å². The highest BCUT2D eigenvalue weighted by Crippen LogP contribution is 2.23. The summed E-state index contributed by atoms with van der Waals surface area (Å²) in [5.74, 6) is 0.149. The summed E-state index contributed by atoms with van der Waals surface area (Å²) in [4.78, 5) is 4.00. The molecule has 0 aliphatic heterocycles. The number of hydrogen-bond donors (Lipinski definition) is 2. The number of benzene rings is 2. The molecule has 0 unspecified atom stereocenters. The zero-order valence-electron chi connectivity index (χ0n) is 12.2. The summed E-state index contributed by atoms with van der Waals surface area (Å²) in [6.45, 7) is 0. The molecule has 0 radical (unpaired) electrons. The number of nitrogens with zero attached hydrogens (tertiary/aromatic N) is 3. The summed E-state index contributed by atoms with van der Waals surface area (Å²) in [6, 6.07) is 12.3. The Hall–Kier alpha value is -2.78. The van der Waals surface area contributed by atoms with Crippen LogP contribution < -0.4 is 4.72 Å². The third-order valence-corrected chi connectivity index (χ3v) is 5.10. The Morgan fingerprint density at radius 3 is 2.08 bits per heavy atom. The van der Waals surface area contributed by atoms with Crippen molar-refractivity contribution in [1.29, 1.82) is 0 Å². The Balaban J connectivity index is 1.74. The molecular formula is C15H12N4O3S2. The molecule has 0 fully saturated rings. The van der Waals surface area contributed by atoms with Crippen molar-refractivity contribution in [3.8, 4) is 5.75 Å². The van der Waals surface area contributed by atoms with Gasteiger partial charge in [-0.25, -0.2) is 13.4 Å². The summed E-state index contributed by atoms with van der Waals surface area (Å²) < 4.78 is 26.8. The number of aromatic hydroxyl groups is 1. The molecule has 0 aliphatic rings. The molecule has 2 N–H and O–H groups in total. The number of hydrogen-bond acceptors (Lipinski definition) is 7. The van der Waals surface area contributed by atoms with E-state index in [1.165, 1.54) is 41.8 Å². The van der Waals surface area contributed by atoms with Crippen molar-refractivity contribution >= 4 is 37.9 Å².